The minimum atomic E-state index is -0.777. The van der Waals surface area contributed by atoms with E-state index >= 15 is 0 Å². The first-order chi connectivity index (χ1) is 28.1. The Morgan fingerprint density at radius 2 is 0.966 bits per heavy atom. The Morgan fingerprint density at radius 1 is 0.559 bits per heavy atom. The van der Waals surface area contributed by atoms with Crippen molar-refractivity contribution >= 4 is 12.7 Å². The van der Waals surface area contributed by atoms with Gasteiger partial charge in [0.1, 0.15) is 12.7 Å². The van der Waals surface area contributed by atoms with Crippen molar-refractivity contribution in [3.63, 3.8) is 0 Å². The lowest BCUT2D eigenvalue weighted by Gasteiger charge is -2.63. The van der Waals surface area contributed by atoms with Crippen molar-refractivity contribution in [2.75, 3.05) is 19.6 Å². The second-order valence-electron chi connectivity index (χ2n) is 21.9. The van der Waals surface area contributed by atoms with Gasteiger partial charge in [-0.05, 0) is 126 Å². The zero-order valence-corrected chi connectivity index (χ0v) is 40.5. The summed E-state index contributed by atoms with van der Waals surface area (Å²) in [4.78, 5) is 30.5. The third-order valence-corrected chi connectivity index (χ3v) is 14.5. The van der Waals surface area contributed by atoms with E-state index < -0.39 is 5.91 Å². The second-order valence-corrected chi connectivity index (χ2v) is 21.9. The SMILES string of the molecule is CCCCCCCCNN1C=NC=NC1(N(CCCC)C1CC(C)(C)N(OC2CCCCC2)C(C)(C)C1)N(CCCC)C1CC(C)(C)N(OC2CCCCC2)C(C)(C)C1. The summed E-state index contributed by atoms with van der Waals surface area (Å²) >= 11 is 0. The molecule has 5 rings (SSSR count). The van der Waals surface area contributed by atoms with Gasteiger partial charge in [0.15, 0.2) is 0 Å². The molecule has 0 amide bonds. The van der Waals surface area contributed by atoms with E-state index in [9.17, 15) is 0 Å². The standard InChI is InChI=1S/C49H94N8O2/c1-12-15-18-19-20-27-32-52-55-40-50-39-51-49(55,53(33-16-13-2)41-35-45(4,5)56(46(6,7)36-41)58-43-28-23-21-24-29-43)54(34-17-14-3)42-37-47(8,9)57(48(10,11)38-42)59-44-30-25-22-26-31-44/h39-44,52H,12-38H2,1-11H3. The van der Waals surface area contributed by atoms with Crippen LogP contribution in [0.15, 0.2) is 9.98 Å². The van der Waals surface area contributed by atoms with Crippen molar-refractivity contribution in [1.29, 1.82) is 0 Å². The molecule has 0 aromatic rings. The Morgan fingerprint density at radius 3 is 1.39 bits per heavy atom. The first-order valence-corrected chi connectivity index (χ1v) is 25.2. The summed E-state index contributed by atoms with van der Waals surface area (Å²) in [5, 5.41) is 7.26. The van der Waals surface area contributed by atoms with E-state index in [-0.39, 0.29) is 34.2 Å². The van der Waals surface area contributed by atoms with Gasteiger partial charge in [0.2, 0.25) is 0 Å². The predicted octanol–water partition coefficient (Wildman–Crippen LogP) is 11.6. The molecule has 10 heteroatoms. The van der Waals surface area contributed by atoms with Crippen molar-refractivity contribution in [3.8, 4) is 0 Å². The van der Waals surface area contributed by atoms with Gasteiger partial charge in [-0.3, -0.25) is 9.68 Å². The molecule has 0 aromatic carbocycles. The number of hydroxylamine groups is 4. The van der Waals surface area contributed by atoms with Gasteiger partial charge in [-0.1, -0.05) is 104 Å². The van der Waals surface area contributed by atoms with Crippen LogP contribution in [-0.2, 0) is 9.68 Å². The maximum absolute atomic E-state index is 7.08. The molecule has 2 aliphatic carbocycles. The number of hydrogen-bond donors (Lipinski definition) is 1. The van der Waals surface area contributed by atoms with Gasteiger partial charge in [0.25, 0.3) is 5.91 Å². The van der Waals surface area contributed by atoms with E-state index in [0.717, 1.165) is 77.4 Å². The molecule has 0 unspecified atom stereocenters. The molecule has 0 bridgehead atoms. The lowest BCUT2D eigenvalue weighted by molar-refractivity contribution is -0.327. The number of hydrazine groups is 1. The highest BCUT2D eigenvalue weighted by Crippen LogP contribution is 2.48. The summed E-state index contributed by atoms with van der Waals surface area (Å²) in [6.45, 7) is 29.4. The minimum absolute atomic E-state index is 0.154. The van der Waals surface area contributed by atoms with Gasteiger partial charge in [-0.25, -0.2) is 30.2 Å². The van der Waals surface area contributed by atoms with Crippen LogP contribution in [0.1, 0.15) is 230 Å². The lowest BCUT2D eigenvalue weighted by Crippen LogP contribution is -2.79. The molecular weight excluding hydrogens is 733 g/mol. The Balaban J connectivity index is 1.55. The fourth-order valence-electron chi connectivity index (χ4n) is 12.1. The average Bonchev–Trinajstić information content (AvgIpc) is 3.18. The highest BCUT2D eigenvalue weighted by molar-refractivity contribution is 5.74. The minimum Gasteiger partial charge on any atom is -0.295 e. The molecule has 59 heavy (non-hydrogen) atoms. The highest BCUT2D eigenvalue weighted by Gasteiger charge is 2.59. The smallest absolute Gasteiger partial charge is 0.268 e. The van der Waals surface area contributed by atoms with Gasteiger partial charge in [0, 0.05) is 53.9 Å². The number of unbranched alkanes of at least 4 members (excludes halogenated alkanes) is 7. The van der Waals surface area contributed by atoms with Crippen molar-refractivity contribution in [1.82, 2.24) is 30.4 Å². The second kappa shape index (κ2) is 22.0. The van der Waals surface area contributed by atoms with Crippen molar-refractivity contribution in [2.24, 2.45) is 9.98 Å². The summed E-state index contributed by atoms with van der Waals surface area (Å²) in [7, 11) is 0. The third kappa shape index (κ3) is 12.3. The molecule has 0 radical (unpaired) electrons. The molecule has 342 valence electrons. The topological polar surface area (TPSA) is 71.4 Å². The average molecular weight is 827 g/mol. The number of nitrogens with one attached hydrogen (secondary N) is 1. The molecule has 10 nitrogen and oxygen atoms in total. The summed E-state index contributed by atoms with van der Waals surface area (Å²) < 4.78 is 0. The number of aliphatic imine (C=N–C) groups is 2. The first-order valence-electron chi connectivity index (χ1n) is 25.2. The number of piperidine rings is 2. The Kier molecular flexibility index (Phi) is 18.2. The molecule has 0 atom stereocenters. The molecule has 5 aliphatic rings. The van der Waals surface area contributed by atoms with Crippen LogP contribution in [0, 0.1) is 0 Å². The van der Waals surface area contributed by atoms with Crippen LogP contribution in [0.5, 0.6) is 0 Å². The maximum Gasteiger partial charge on any atom is 0.268 e. The molecule has 1 N–H and O–H groups in total. The van der Waals surface area contributed by atoms with Gasteiger partial charge in [-0.2, -0.15) is 10.1 Å². The van der Waals surface area contributed by atoms with Crippen LogP contribution in [0.3, 0.4) is 0 Å². The molecular formula is C49H94N8O2. The molecule has 4 fully saturated rings. The maximum atomic E-state index is 7.08. The van der Waals surface area contributed by atoms with Crippen LogP contribution >= 0.6 is 0 Å². The van der Waals surface area contributed by atoms with Crippen LogP contribution in [-0.4, -0.2) is 110 Å². The van der Waals surface area contributed by atoms with Crippen LogP contribution < -0.4 is 5.43 Å². The zero-order valence-electron chi connectivity index (χ0n) is 40.5. The predicted molar refractivity (Wildman–Crippen MR) is 248 cm³/mol. The molecule has 2 saturated carbocycles. The summed E-state index contributed by atoms with van der Waals surface area (Å²) in [5.74, 6) is -0.777. The van der Waals surface area contributed by atoms with Crippen molar-refractivity contribution < 1.29 is 9.68 Å². The number of rotatable bonds is 22. The van der Waals surface area contributed by atoms with E-state index in [2.05, 4.69) is 113 Å². The van der Waals surface area contributed by atoms with Crippen LogP contribution in [0.25, 0.3) is 0 Å². The molecule has 2 saturated heterocycles. The van der Waals surface area contributed by atoms with E-state index in [0.29, 0.717) is 12.2 Å². The number of hydrogen-bond acceptors (Lipinski definition) is 10. The molecule has 3 aliphatic heterocycles. The normalized spacial score (nSPS) is 25.7. The third-order valence-electron chi connectivity index (χ3n) is 14.5. The number of nitrogens with zero attached hydrogens (tertiary/aromatic N) is 7. The van der Waals surface area contributed by atoms with Crippen LogP contribution in [0.2, 0.25) is 0 Å². The molecule has 0 spiro atoms. The highest BCUT2D eigenvalue weighted by atomic mass is 16.7. The van der Waals surface area contributed by atoms with Crippen LogP contribution in [0.4, 0.5) is 0 Å². The Hall–Kier alpha value is -1.14. The zero-order chi connectivity index (χ0) is 42.7. The van der Waals surface area contributed by atoms with Crippen molar-refractivity contribution in [3.05, 3.63) is 0 Å². The Bertz CT molecular complexity index is 1180. The summed E-state index contributed by atoms with van der Waals surface area (Å²) in [6, 6.07) is 0.555. The van der Waals surface area contributed by atoms with E-state index in [1.807, 2.05) is 6.34 Å². The lowest BCUT2D eigenvalue weighted by atomic mass is 9.77. The van der Waals surface area contributed by atoms with Gasteiger partial charge in [0.05, 0.1) is 12.2 Å². The quantitative estimate of drug-likeness (QED) is 0.0855. The fourth-order valence-corrected chi connectivity index (χ4v) is 12.1. The van der Waals surface area contributed by atoms with Crippen molar-refractivity contribution in [2.45, 2.75) is 283 Å². The first kappa shape index (κ1) is 48.9. The molecule has 0 aromatic heterocycles. The molecule has 3 heterocycles. The summed E-state index contributed by atoms with van der Waals surface area (Å²) in [6.07, 6.45) is 33.3. The van der Waals surface area contributed by atoms with Gasteiger partial charge >= 0.3 is 0 Å². The Labute approximate surface area is 363 Å². The van der Waals surface area contributed by atoms with Gasteiger partial charge < -0.3 is 0 Å². The largest absolute Gasteiger partial charge is 0.295 e. The van der Waals surface area contributed by atoms with E-state index in [1.54, 1.807) is 0 Å². The monoisotopic (exact) mass is 827 g/mol. The fraction of sp³-hybridized carbons (Fsp3) is 0.959. The van der Waals surface area contributed by atoms with E-state index in [4.69, 9.17) is 19.7 Å². The summed E-state index contributed by atoms with van der Waals surface area (Å²) in [5.41, 5.74) is 3.40. The van der Waals surface area contributed by atoms with E-state index in [1.165, 1.54) is 96.3 Å². The van der Waals surface area contributed by atoms with Gasteiger partial charge in [-0.15, -0.1) is 0 Å².